The first-order valence-corrected chi connectivity index (χ1v) is 11.8. The summed E-state index contributed by atoms with van der Waals surface area (Å²) in [6.45, 7) is 4.47. The van der Waals surface area contributed by atoms with Gasteiger partial charge in [0.05, 0.1) is 32.0 Å². The molecular formula is C24H30Cl2N2O4. The Kier molecular flexibility index (Phi) is 8.43. The van der Waals surface area contributed by atoms with Crippen LogP contribution in [0.5, 0.6) is 0 Å². The van der Waals surface area contributed by atoms with Crippen LogP contribution in [0.15, 0.2) is 48.5 Å². The van der Waals surface area contributed by atoms with Crippen molar-refractivity contribution < 1.29 is 19.7 Å². The second-order valence-electron chi connectivity index (χ2n) is 8.45. The van der Waals surface area contributed by atoms with E-state index in [0.29, 0.717) is 42.9 Å². The lowest BCUT2D eigenvalue weighted by Crippen LogP contribution is -2.54. The number of aliphatic hydroxyl groups is 2. The molecule has 2 saturated heterocycles. The summed E-state index contributed by atoms with van der Waals surface area (Å²) in [5.74, 6) is 0. The molecule has 2 aromatic rings. The summed E-state index contributed by atoms with van der Waals surface area (Å²) in [7, 11) is 0. The quantitative estimate of drug-likeness (QED) is 0.605. The molecule has 2 heterocycles. The van der Waals surface area contributed by atoms with E-state index in [1.807, 2.05) is 36.4 Å². The molecular weight excluding hydrogens is 451 g/mol. The van der Waals surface area contributed by atoms with Gasteiger partial charge in [0.2, 0.25) is 0 Å². The van der Waals surface area contributed by atoms with E-state index in [1.54, 1.807) is 0 Å². The van der Waals surface area contributed by atoms with E-state index in [4.69, 9.17) is 32.7 Å². The molecule has 4 rings (SSSR count). The maximum atomic E-state index is 10.9. The van der Waals surface area contributed by atoms with E-state index in [2.05, 4.69) is 21.9 Å². The van der Waals surface area contributed by atoms with Gasteiger partial charge in [-0.05, 0) is 35.4 Å². The highest BCUT2D eigenvalue weighted by Crippen LogP contribution is 2.28. The Morgan fingerprint density at radius 2 is 1.53 bits per heavy atom. The van der Waals surface area contributed by atoms with Crippen molar-refractivity contribution in [2.45, 2.75) is 37.4 Å². The number of benzene rings is 2. The highest BCUT2D eigenvalue weighted by atomic mass is 35.5. The van der Waals surface area contributed by atoms with Gasteiger partial charge in [-0.2, -0.15) is 0 Å². The number of aliphatic hydroxyl groups excluding tert-OH is 2. The smallest absolute Gasteiger partial charge is 0.109 e. The van der Waals surface area contributed by atoms with Crippen LogP contribution in [0.4, 0.5) is 0 Å². The van der Waals surface area contributed by atoms with Crippen molar-refractivity contribution in [2.24, 2.45) is 0 Å². The van der Waals surface area contributed by atoms with Crippen molar-refractivity contribution in [3.63, 3.8) is 0 Å². The summed E-state index contributed by atoms with van der Waals surface area (Å²) in [5.41, 5.74) is 2.19. The SMILES string of the molecule is OC[C@@H]1O[C@H](CN(Cc2cccc(Cl)c2)Cc2cccc(Cl)c2)[C@H](N2CCOCC2)[C@@H]1O. The second-order valence-corrected chi connectivity index (χ2v) is 9.33. The molecule has 8 heteroatoms. The van der Waals surface area contributed by atoms with Gasteiger partial charge in [-0.3, -0.25) is 9.80 Å². The highest BCUT2D eigenvalue weighted by Gasteiger charge is 2.46. The standard InChI is InChI=1S/C24H30Cl2N2O4/c25-19-5-1-3-17(11-19)13-27(14-18-4-2-6-20(26)12-18)15-21-23(24(30)22(16-29)32-21)28-7-9-31-10-8-28/h1-6,11-12,21-24,29-30H,7-10,13-16H2/t21-,22+,23+,24-/m1/s1. The zero-order valence-electron chi connectivity index (χ0n) is 17.9. The number of ether oxygens (including phenoxy) is 2. The molecule has 2 aromatic carbocycles. The lowest BCUT2D eigenvalue weighted by atomic mass is 10.0. The minimum Gasteiger partial charge on any atom is -0.394 e. The Hall–Kier alpha value is -1.22. The molecule has 0 unspecified atom stereocenters. The van der Waals surface area contributed by atoms with Crippen LogP contribution in [0.3, 0.4) is 0 Å². The Labute approximate surface area is 199 Å². The highest BCUT2D eigenvalue weighted by molar-refractivity contribution is 6.30. The lowest BCUT2D eigenvalue weighted by molar-refractivity contribution is -0.0373. The number of morpholine rings is 1. The lowest BCUT2D eigenvalue weighted by Gasteiger charge is -2.37. The van der Waals surface area contributed by atoms with Crippen LogP contribution in [0.1, 0.15) is 11.1 Å². The average molecular weight is 481 g/mol. The van der Waals surface area contributed by atoms with Crippen molar-refractivity contribution >= 4 is 23.2 Å². The maximum absolute atomic E-state index is 10.9. The first kappa shape index (κ1) is 23.9. The van der Waals surface area contributed by atoms with Gasteiger partial charge >= 0.3 is 0 Å². The molecule has 2 N–H and O–H groups in total. The van der Waals surface area contributed by atoms with Crippen LogP contribution in [0.2, 0.25) is 10.0 Å². The zero-order valence-corrected chi connectivity index (χ0v) is 19.5. The predicted molar refractivity (Wildman–Crippen MR) is 125 cm³/mol. The number of halogens is 2. The summed E-state index contributed by atoms with van der Waals surface area (Å²) in [4.78, 5) is 4.51. The molecule has 2 aliphatic rings. The molecule has 4 atom stereocenters. The molecule has 2 fully saturated rings. The largest absolute Gasteiger partial charge is 0.394 e. The maximum Gasteiger partial charge on any atom is 0.109 e. The van der Waals surface area contributed by atoms with Crippen molar-refractivity contribution in [1.29, 1.82) is 0 Å². The monoisotopic (exact) mass is 480 g/mol. The van der Waals surface area contributed by atoms with Gasteiger partial charge in [0.15, 0.2) is 0 Å². The normalized spacial score (nSPS) is 26.7. The summed E-state index contributed by atoms with van der Waals surface area (Å²) >= 11 is 12.4. The van der Waals surface area contributed by atoms with Crippen molar-refractivity contribution in [3.05, 3.63) is 69.7 Å². The van der Waals surface area contributed by atoms with Crippen LogP contribution >= 0.6 is 23.2 Å². The number of nitrogens with zero attached hydrogens (tertiary/aromatic N) is 2. The second kappa shape index (κ2) is 11.3. The third-order valence-electron chi connectivity index (χ3n) is 6.14. The number of hydrogen-bond acceptors (Lipinski definition) is 6. The minimum absolute atomic E-state index is 0.197. The molecule has 0 spiro atoms. The van der Waals surface area contributed by atoms with Crippen LogP contribution in [-0.2, 0) is 22.6 Å². The van der Waals surface area contributed by atoms with E-state index in [1.165, 1.54) is 0 Å². The van der Waals surface area contributed by atoms with Crippen LogP contribution < -0.4 is 0 Å². The Morgan fingerprint density at radius 3 is 2.06 bits per heavy atom. The summed E-state index contributed by atoms with van der Waals surface area (Å²) < 4.78 is 11.7. The van der Waals surface area contributed by atoms with E-state index in [-0.39, 0.29) is 18.8 Å². The first-order chi connectivity index (χ1) is 15.5. The van der Waals surface area contributed by atoms with Crippen LogP contribution in [-0.4, -0.2) is 83.8 Å². The zero-order chi connectivity index (χ0) is 22.5. The Bertz CT molecular complexity index is 833. The van der Waals surface area contributed by atoms with E-state index in [0.717, 1.165) is 24.2 Å². The number of rotatable bonds is 8. The molecule has 0 saturated carbocycles. The third-order valence-corrected chi connectivity index (χ3v) is 6.61. The van der Waals surface area contributed by atoms with Crippen molar-refractivity contribution in [2.75, 3.05) is 39.5 Å². The molecule has 6 nitrogen and oxygen atoms in total. The average Bonchev–Trinajstić information content (AvgIpc) is 3.09. The van der Waals surface area contributed by atoms with Crippen molar-refractivity contribution in [3.8, 4) is 0 Å². The molecule has 32 heavy (non-hydrogen) atoms. The summed E-state index contributed by atoms with van der Waals surface area (Å²) in [6.07, 6.45) is -1.59. The first-order valence-electron chi connectivity index (χ1n) is 11.0. The van der Waals surface area contributed by atoms with E-state index in [9.17, 15) is 10.2 Å². The van der Waals surface area contributed by atoms with Gasteiger partial charge in [0, 0.05) is 42.8 Å². The van der Waals surface area contributed by atoms with Gasteiger partial charge in [-0.1, -0.05) is 47.5 Å². The molecule has 0 bridgehead atoms. The predicted octanol–water partition coefficient (Wildman–Crippen LogP) is 2.82. The summed E-state index contributed by atoms with van der Waals surface area (Å²) in [5, 5.41) is 22.1. The molecule has 0 aromatic heterocycles. The Balaban J connectivity index is 1.56. The molecule has 0 aliphatic carbocycles. The fraction of sp³-hybridized carbons (Fsp3) is 0.500. The van der Waals surface area contributed by atoms with Crippen LogP contribution in [0.25, 0.3) is 0 Å². The molecule has 0 amide bonds. The van der Waals surface area contributed by atoms with Gasteiger partial charge in [-0.15, -0.1) is 0 Å². The van der Waals surface area contributed by atoms with Gasteiger partial charge in [-0.25, -0.2) is 0 Å². The number of hydrogen-bond donors (Lipinski definition) is 2. The van der Waals surface area contributed by atoms with E-state index >= 15 is 0 Å². The molecule has 2 aliphatic heterocycles. The minimum atomic E-state index is -0.748. The van der Waals surface area contributed by atoms with Crippen molar-refractivity contribution in [1.82, 2.24) is 9.80 Å². The van der Waals surface area contributed by atoms with Gasteiger partial charge in [0.25, 0.3) is 0 Å². The fourth-order valence-corrected chi connectivity index (χ4v) is 5.11. The topological polar surface area (TPSA) is 65.4 Å². The third kappa shape index (κ3) is 6.01. The molecule has 0 radical (unpaired) electrons. The van der Waals surface area contributed by atoms with Gasteiger partial charge in [0.1, 0.15) is 12.2 Å². The summed E-state index contributed by atoms with van der Waals surface area (Å²) in [6, 6.07) is 15.5. The molecule has 174 valence electrons. The van der Waals surface area contributed by atoms with Gasteiger partial charge < -0.3 is 19.7 Å². The Morgan fingerprint density at radius 1 is 0.938 bits per heavy atom. The van der Waals surface area contributed by atoms with Crippen LogP contribution in [0, 0.1) is 0 Å². The van der Waals surface area contributed by atoms with E-state index < -0.39 is 12.2 Å². The fourth-order valence-electron chi connectivity index (χ4n) is 4.68.